The molecule has 0 spiro atoms. The average Bonchev–Trinajstić information content (AvgIpc) is 3.32. The first-order valence-corrected chi connectivity index (χ1v) is 8.34. The molecule has 0 bridgehead atoms. The number of ether oxygens (including phenoxy) is 1. The summed E-state index contributed by atoms with van der Waals surface area (Å²) in [5, 5.41) is 10.7. The molecule has 114 valence electrons. The largest absolute Gasteiger partial charge is 0.497 e. The molecule has 0 radical (unpaired) electrons. The Kier molecular flexibility index (Phi) is 3.39. The van der Waals surface area contributed by atoms with Crippen molar-refractivity contribution in [2.75, 3.05) is 12.0 Å². The molecule has 2 aromatic rings. The molecule has 2 aliphatic rings. The van der Waals surface area contributed by atoms with Crippen molar-refractivity contribution in [1.29, 1.82) is 0 Å². The van der Waals surface area contributed by atoms with E-state index in [2.05, 4.69) is 45.1 Å². The van der Waals surface area contributed by atoms with Gasteiger partial charge in [0, 0.05) is 22.6 Å². The summed E-state index contributed by atoms with van der Waals surface area (Å²) in [7, 11) is 1.67. The second-order valence-corrected chi connectivity index (χ2v) is 6.92. The Morgan fingerprint density at radius 1 is 1.23 bits per heavy atom. The summed E-state index contributed by atoms with van der Waals surface area (Å²) in [6, 6.07) is 14.3. The van der Waals surface area contributed by atoms with Crippen LogP contribution in [0.5, 0.6) is 5.75 Å². The quantitative estimate of drug-likeness (QED) is 0.901. The second kappa shape index (κ2) is 5.28. The fraction of sp³-hybridized carbons (Fsp3) is 0.333. The van der Waals surface area contributed by atoms with Crippen LogP contribution in [0.2, 0.25) is 0 Å². The van der Waals surface area contributed by atoms with Crippen molar-refractivity contribution in [3.63, 3.8) is 0 Å². The molecule has 0 aromatic heterocycles. The Bertz CT molecular complexity index is 701. The summed E-state index contributed by atoms with van der Waals surface area (Å²) in [5.41, 5.74) is 3.67. The summed E-state index contributed by atoms with van der Waals surface area (Å²) in [6.07, 6.45) is 0.685. The zero-order valence-electron chi connectivity index (χ0n) is 12.4. The van der Waals surface area contributed by atoms with E-state index in [-0.39, 0.29) is 0 Å². The number of aliphatic hydroxyl groups is 1. The maximum atomic E-state index is 10.7. The molecule has 1 fully saturated rings. The van der Waals surface area contributed by atoms with Crippen LogP contribution >= 0.6 is 15.9 Å². The molecule has 3 nitrogen and oxygen atoms in total. The molecule has 0 amide bonds. The highest BCUT2D eigenvalue weighted by molar-refractivity contribution is 9.10. The Morgan fingerprint density at radius 2 is 2.00 bits per heavy atom. The van der Waals surface area contributed by atoms with E-state index in [0.717, 1.165) is 22.3 Å². The highest BCUT2D eigenvalue weighted by Crippen LogP contribution is 2.59. The Morgan fingerprint density at radius 3 is 2.73 bits per heavy atom. The number of methoxy groups -OCH3 is 1. The lowest BCUT2D eigenvalue weighted by Crippen LogP contribution is -2.39. The van der Waals surface area contributed by atoms with Gasteiger partial charge >= 0.3 is 0 Å². The van der Waals surface area contributed by atoms with Crippen molar-refractivity contribution in [2.24, 2.45) is 5.92 Å². The van der Waals surface area contributed by atoms with Gasteiger partial charge in [-0.3, -0.25) is 0 Å². The van der Waals surface area contributed by atoms with Crippen LogP contribution < -0.4 is 9.64 Å². The van der Waals surface area contributed by atoms with Crippen LogP contribution in [0.15, 0.2) is 46.9 Å². The maximum absolute atomic E-state index is 10.7. The van der Waals surface area contributed by atoms with Gasteiger partial charge in [-0.05, 0) is 47.7 Å². The molecule has 4 rings (SSSR count). The number of hydrogen-bond donors (Lipinski definition) is 1. The van der Waals surface area contributed by atoms with Gasteiger partial charge in [-0.15, -0.1) is 0 Å². The van der Waals surface area contributed by atoms with Crippen molar-refractivity contribution < 1.29 is 9.84 Å². The average molecular weight is 360 g/mol. The first kappa shape index (κ1) is 14.1. The smallest absolute Gasteiger partial charge is 0.130 e. The predicted octanol–water partition coefficient (Wildman–Crippen LogP) is 3.90. The summed E-state index contributed by atoms with van der Waals surface area (Å²) in [5.74, 6) is 1.73. The molecule has 4 heteroatoms. The molecule has 0 saturated heterocycles. The molecular formula is C18H18BrNO2. The Labute approximate surface area is 138 Å². The second-order valence-electron chi connectivity index (χ2n) is 6.07. The zero-order chi connectivity index (χ0) is 15.3. The van der Waals surface area contributed by atoms with E-state index in [1.165, 1.54) is 11.1 Å². The van der Waals surface area contributed by atoms with Crippen molar-refractivity contribution in [3.05, 3.63) is 58.1 Å². The lowest BCUT2D eigenvalue weighted by Gasteiger charge is -2.36. The Balaban J connectivity index is 1.68. The Hall–Kier alpha value is -1.52. The third-order valence-corrected chi connectivity index (χ3v) is 5.46. The number of fused-ring (bicyclic) bond motifs is 3. The summed E-state index contributed by atoms with van der Waals surface area (Å²) < 4.78 is 6.36. The number of aliphatic hydroxyl groups excluding tert-OH is 1. The zero-order valence-corrected chi connectivity index (χ0v) is 14.0. The number of nitrogens with zero attached hydrogens (tertiary/aromatic N) is 1. The van der Waals surface area contributed by atoms with Gasteiger partial charge in [0.15, 0.2) is 0 Å². The predicted molar refractivity (Wildman–Crippen MR) is 90.2 cm³/mol. The highest BCUT2D eigenvalue weighted by atomic mass is 79.9. The summed E-state index contributed by atoms with van der Waals surface area (Å²) in [6.45, 7) is 0.706. The number of benzene rings is 2. The third-order valence-electron chi connectivity index (χ3n) is 4.76. The fourth-order valence-corrected chi connectivity index (χ4v) is 4.15. The van der Waals surface area contributed by atoms with Crippen LogP contribution in [0.25, 0.3) is 0 Å². The molecule has 2 aromatic carbocycles. The van der Waals surface area contributed by atoms with Gasteiger partial charge in [-0.1, -0.05) is 34.1 Å². The van der Waals surface area contributed by atoms with Gasteiger partial charge < -0.3 is 14.7 Å². The van der Waals surface area contributed by atoms with Gasteiger partial charge in [-0.2, -0.15) is 0 Å². The van der Waals surface area contributed by atoms with E-state index >= 15 is 0 Å². The molecule has 22 heavy (non-hydrogen) atoms. The third kappa shape index (κ3) is 2.22. The fourth-order valence-electron chi connectivity index (χ4n) is 3.50. The van der Waals surface area contributed by atoms with Crippen molar-refractivity contribution >= 4 is 21.6 Å². The lowest BCUT2D eigenvalue weighted by atomic mass is 9.99. The summed E-state index contributed by atoms with van der Waals surface area (Å²) in [4.78, 5) is 2.12. The number of anilines is 1. The molecule has 1 aliphatic heterocycles. The topological polar surface area (TPSA) is 32.7 Å². The first-order valence-electron chi connectivity index (χ1n) is 7.55. The van der Waals surface area contributed by atoms with Crippen LogP contribution in [0.3, 0.4) is 0 Å². The minimum atomic E-state index is -0.395. The van der Waals surface area contributed by atoms with E-state index < -0.39 is 6.23 Å². The molecule has 1 heterocycles. The van der Waals surface area contributed by atoms with Crippen LogP contribution in [0.4, 0.5) is 5.69 Å². The van der Waals surface area contributed by atoms with Crippen molar-refractivity contribution in [3.8, 4) is 5.75 Å². The molecule has 1 aliphatic carbocycles. The van der Waals surface area contributed by atoms with Gasteiger partial charge in [0.2, 0.25) is 0 Å². The summed E-state index contributed by atoms with van der Waals surface area (Å²) >= 11 is 3.68. The standard InChI is InChI=1S/C18H18BrNO2/c1-22-12-7-5-11(6-8-12)10-20-16-4-2-3-15(19)17(16)13-9-14(13)18(20)21/h2-8,13-14,18,21H,9-10H2,1H3. The minimum Gasteiger partial charge on any atom is -0.497 e. The molecule has 3 unspecified atom stereocenters. The highest BCUT2D eigenvalue weighted by Gasteiger charge is 2.51. The monoisotopic (exact) mass is 359 g/mol. The lowest BCUT2D eigenvalue weighted by molar-refractivity contribution is 0.137. The number of rotatable bonds is 3. The SMILES string of the molecule is COc1ccc(CN2c3cccc(Br)c3C3CC3C2O)cc1. The van der Waals surface area contributed by atoms with E-state index in [1.807, 2.05) is 18.2 Å². The first-order chi connectivity index (χ1) is 10.7. The number of halogens is 1. The maximum Gasteiger partial charge on any atom is 0.130 e. The van der Waals surface area contributed by atoms with Crippen LogP contribution in [-0.4, -0.2) is 18.4 Å². The van der Waals surface area contributed by atoms with Crippen LogP contribution in [0.1, 0.15) is 23.5 Å². The van der Waals surface area contributed by atoms with Crippen molar-refractivity contribution in [1.82, 2.24) is 0 Å². The van der Waals surface area contributed by atoms with Gasteiger partial charge in [0.1, 0.15) is 12.0 Å². The van der Waals surface area contributed by atoms with Gasteiger partial charge in [-0.25, -0.2) is 0 Å². The molecular weight excluding hydrogens is 342 g/mol. The van der Waals surface area contributed by atoms with Crippen LogP contribution in [0, 0.1) is 5.92 Å². The van der Waals surface area contributed by atoms with Crippen molar-refractivity contribution in [2.45, 2.75) is 25.1 Å². The van der Waals surface area contributed by atoms with E-state index in [4.69, 9.17) is 4.74 Å². The molecule has 3 atom stereocenters. The molecule has 1 saturated carbocycles. The normalized spacial score (nSPS) is 25.4. The van der Waals surface area contributed by atoms with Gasteiger partial charge in [0.25, 0.3) is 0 Å². The molecule has 1 N–H and O–H groups in total. The minimum absolute atomic E-state index is 0.365. The number of hydrogen-bond acceptors (Lipinski definition) is 3. The van der Waals surface area contributed by atoms with E-state index in [0.29, 0.717) is 18.4 Å². The van der Waals surface area contributed by atoms with E-state index in [1.54, 1.807) is 7.11 Å². The van der Waals surface area contributed by atoms with Crippen LogP contribution in [-0.2, 0) is 6.54 Å². The van der Waals surface area contributed by atoms with E-state index in [9.17, 15) is 5.11 Å². The van der Waals surface area contributed by atoms with Gasteiger partial charge in [0.05, 0.1) is 7.11 Å².